The van der Waals surface area contributed by atoms with E-state index in [-0.39, 0.29) is 5.91 Å². The largest absolute Gasteiger partial charge is 0.339 e. The molecule has 1 atom stereocenters. The molecule has 4 heteroatoms. The molecule has 0 saturated carbocycles. The Morgan fingerprint density at radius 1 is 1.33 bits per heavy atom. The molecule has 0 aromatic heterocycles. The normalized spacial score (nSPS) is 28.3. The van der Waals surface area contributed by atoms with Gasteiger partial charge in [-0.25, -0.2) is 0 Å². The molecular weight excluding hydrogens is 190 g/mol. The molecule has 0 aromatic rings. The molecular formula is C11H21N3O. The van der Waals surface area contributed by atoms with Crippen LogP contribution in [0.1, 0.15) is 19.8 Å². The maximum atomic E-state index is 11.4. The van der Waals surface area contributed by atoms with Crippen molar-refractivity contribution in [3.63, 3.8) is 0 Å². The molecule has 1 N–H and O–H groups in total. The first-order valence-corrected chi connectivity index (χ1v) is 5.97. The average Bonchev–Trinajstić information content (AvgIpc) is 2.67. The summed E-state index contributed by atoms with van der Waals surface area (Å²) >= 11 is 0. The summed E-state index contributed by atoms with van der Waals surface area (Å²) in [6, 6.07) is 0.473. The molecule has 0 spiro atoms. The number of carbonyl (C=O) groups excluding carboxylic acids is 1. The van der Waals surface area contributed by atoms with Gasteiger partial charge < -0.3 is 10.2 Å². The molecule has 2 fully saturated rings. The fraction of sp³-hybridized carbons (Fsp3) is 0.909. The number of carbonyl (C=O) groups is 1. The second-order valence-corrected chi connectivity index (χ2v) is 4.56. The number of hydrogen-bond acceptors (Lipinski definition) is 3. The third-order valence-electron chi connectivity index (χ3n) is 3.46. The van der Waals surface area contributed by atoms with Crippen molar-refractivity contribution in [2.75, 3.05) is 39.3 Å². The highest BCUT2D eigenvalue weighted by atomic mass is 16.2. The van der Waals surface area contributed by atoms with E-state index in [2.05, 4.69) is 10.2 Å². The summed E-state index contributed by atoms with van der Waals surface area (Å²) in [5.74, 6) is 0.243. The standard InChI is InChI=1S/C11H21N3O/c1-10(15)14-6-2-3-11(14)9-13-7-4-12-5-8-13/h11-12H,2-9H2,1H3. The lowest BCUT2D eigenvalue weighted by Crippen LogP contribution is -2.49. The lowest BCUT2D eigenvalue weighted by Gasteiger charge is -2.32. The molecule has 1 amide bonds. The highest BCUT2D eigenvalue weighted by Crippen LogP contribution is 2.18. The van der Waals surface area contributed by atoms with Gasteiger partial charge in [-0.15, -0.1) is 0 Å². The Morgan fingerprint density at radius 3 is 2.73 bits per heavy atom. The number of hydrogen-bond donors (Lipinski definition) is 1. The van der Waals surface area contributed by atoms with Gasteiger partial charge in [-0.1, -0.05) is 0 Å². The molecule has 0 aromatic carbocycles. The number of amides is 1. The molecule has 2 heterocycles. The third-order valence-corrected chi connectivity index (χ3v) is 3.46. The molecule has 4 nitrogen and oxygen atoms in total. The molecule has 2 saturated heterocycles. The molecule has 0 aliphatic carbocycles. The zero-order valence-corrected chi connectivity index (χ0v) is 9.54. The van der Waals surface area contributed by atoms with E-state index < -0.39 is 0 Å². The Bertz CT molecular complexity index is 226. The van der Waals surface area contributed by atoms with Crippen molar-refractivity contribution in [1.29, 1.82) is 0 Å². The highest BCUT2D eigenvalue weighted by molar-refractivity contribution is 5.73. The average molecular weight is 211 g/mol. The van der Waals surface area contributed by atoms with Crippen molar-refractivity contribution in [3.05, 3.63) is 0 Å². The maximum Gasteiger partial charge on any atom is 0.219 e. The predicted octanol–water partition coefficient (Wildman–Crippen LogP) is -0.0975. The number of piperazine rings is 1. The molecule has 0 bridgehead atoms. The van der Waals surface area contributed by atoms with E-state index in [4.69, 9.17) is 0 Å². The van der Waals surface area contributed by atoms with Crippen LogP contribution in [0.3, 0.4) is 0 Å². The second kappa shape index (κ2) is 4.94. The van der Waals surface area contributed by atoms with E-state index in [1.165, 1.54) is 12.8 Å². The summed E-state index contributed by atoms with van der Waals surface area (Å²) < 4.78 is 0. The zero-order valence-electron chi connectivity index (χ0n) is 9.54. The van der Waals surface area contributed by atoms with Gasteiger partial charge in [0.1, 0.15) is 0 Å². The van der Waals surface area contributed by atoms with Crippen molar-refractivity contribution in [1.82, 2.24) is 15.1 Å². The summed E-state index contributed by atoms with van der Waals surface area (Å²) in [7, 11) is 0. The van der Waals surface area contributed by atoms with Crippen molar-refractivity contribution >= 4 is 5.91 Å². The fourth-order valence-electron chi connectivity index (χ4n) is 2.63. The van der Waals surface area contributed by atoms with Gasteiger partial charge in [-0.05, 0) is 12.8 Å². The second-order valence-electron chi connectivity index (χ2n) is 4.56. The van der Waals surface area contributed by atoms with Crippen LogP contribution in [-0.4, -0.2) is 61.0 Å². The van der Waals surface area contributed by atoms with Gasteiger partial charge in [-0.3, -0.25) is 9.69 Å². The minimum atomic E-state index is 0.243. The number of nitrogens with zero attached hydrogens (tertiary/aromatic N) is 2. The smallest absolute Gasteiger partial charge is 0.219 e. The van der Waals surface area contributed by atoms with Crippen LogP contribution in [0.5, 0.6) is 0 Å². The fourth-order valence-corrected chi connectivity index (χ4v) is 2.63. The van der Waals surface area contributed by atoms with E-state index in [1.54, 1.807) is 6.92 Å². The van der Waals surface area contributed by atoms with Gasteiger partial charge in [-0.2, -0.15) is 0 Å². The SMILES string of the molecule is CC(=O)N1CCCC1CN1CCNCC1. The first kappa shape index (κ1) is 10.9. The van der Waals surface area contributed by atoms with E-state index in [0.717, 1.165) is 39.3 Å². The summed E-state index contributed by atoms with van der Waals surface area (Å²) in [5.41, 5.74) is 0. The Hall–Kier alpha value is -0.610. The summed E-state index contributed by atoms with van der Waals surface area (Å²) in [6.45, 7) is 8.16. The van der Waals surface area contributed by atoms with E-state index >= 15 is 0 Å². The van der Waals surface area contributed by atoms with E-state index in [9.17, 15) is 4.79 Å². The monoisotopic (exact) mass is 211 g/mol. The lowest BCUT2D eigenvalue weighted by molar-refractivity contribution is -0.129. The molecule has 86 valence electrons. The molecule has 1 unspecified atom stereocenters. The highest BCUT2D eigenvalue weighted by Gasteiger charge is 2.28. The lowest BCUT2D eigenvalue weighted by atomic mass is 10.2. The van der Waals surface area contributed by atoms with Crippen LogP contribution < -0.4 is 5.32 Å². The quantitative estimate of drug-likeness (QED) is 0.693. The Balaban J connectivity index is 1.84. The molecule has 0 radical (unpaired) electrons. The van der Waals surface area contributed by atoms with Crippen molar-refractivity contribution in [2.45, 2.75) is 25.8 Å². The van der Waals surface area contributed by atoms with Gasteiger partial charge in [0.05, 0.1) is 0 Å². The van der Waals surface area contributed by atoms with Gasteiger partial charge in [0.2, 0.25) is 5.91 Å². The number of nitrogens with one attached hydrogen (secondary N) is 1. The number of rotatable bonds is 2. The molecule has 2 rings (SSSR count). The first-order chi connectivity index (χ1) is 7.27. The van der Waals surface area contributed by atoms with Crippen LogP contribution in [0.15, 0.2) is 0 Å². The molecule has 15 heavy (non-hydrogen) atoms. The third kappa shape index (κ3) is 2.69. The van der Waals surface area contributed by atoms with Crippen molar-refractivity contribution < 1.29 is 4.79 Å². The Morgan fingerprint density at radius 2 is 2.07 bits per heavy atom. The summed E-state index contributed by atoms with van der Waals surface area (Å²) in [4.78, 5) is 15.9. The van der Waals surface area contributed by atoms with Crippen LogP contribution in [0.4, 0.5) is 0 Å². The summed E-state index contributed by atoms with van der Waals surface area (Å²) in [5, 5.41) is 3.35. The van der Waals surface area contributed by atoms with Crippen LogP contribution in [-0.2, 0) is 4.79 Å². The van der Waals surface area contributed by atoms with Gasteiger partial charge in [0.25, 0.3) is 0 Å². The predicted molar refractivity (Wildman–Crippen MR) is 59.7 cm³/mol. The van der Waals surface area contributed by atoms with Crippen LogP contribution >= 0.6 is 0 Å². The maximum absolute atomic E-state index is 11.4. The Kier molecular flexibility index (Phi) is 3.59. The van der Waals surface area contributed by atoms with Crippen LogP contribution in [0.25, 0.3) is 0 Å². The van der Waals surface area contributed by atoms with E-state index in [1.807, 2.05) is 4.90 Å². The Labute approximate surface area is 91.6 Å². The molecule has 2 aliphatic rings. The summed E-state index contributed by atoms with van der Waals surface area (Å²) in [6.07, 6.45) is 2.36. The van der Waals surface area contributed by atoms with Gasteiger partial charge in [0.15, 0.2) is 0 Å². The minimum Gasteiger partial charge on any atom is -0.339 e. The number of likely N-dealkylation sites (tertiary alicyclic amines) is 1. The molecule has 2 aliphatic heterocycles. The van der Waals surface area contributed by atoms with Crippen molar-refractivity contribution in [2.24, 2.45) is 0 Å². The minimum absolute atomic E-state index is 0.243. The topological polar surface area (TPSA) is 35.6 Å². The van der Waals surface area contributed by atoms with E-state index in [0.29, 0.717) is 6.04 Å². The van der Waals surface area contributed by atoms with Gasteiger partial charge >= 0.3 is 0 Å². The van der Waals surface area contributed by atoms with Crippen LogP contribution in [0, 0.1) is 0 Å². The van der Waals surface area contributed by atoms with Gasteiger partial charge in [0, 0.05) is 52.2 Å². The zero-order chi connectivity index (χ0) is 10.7. The van der Waals surface area contributed by atoms with Crippen LogP contribution in [0.2, 0.25) is 0 Å². The van der Waals surface area contributed by atoms with Crippen molar-refractivity contribution in [3.8, 4) is 0 Å². The first-order valence-electron chi connectivity index (χ1n) is 5.97.